The molecule has 8 nitrogen and oxygen atoms in total. The lowest BCUT2D eigenvalue weighted by atomic mass is 10.1. The quantitative estimate of drug-likeness (QED) is 0.737. The first kappa shape index (κ1) is 17.9. The van der Waals surface area contributed by atoms with Crippen molar-refractivity contribution in [3.63, 3.8) is 0 Å². The Kier molecular flexibility index (Phi) is 4.46. The predicted octanol–water partition coefficient (Wildman–Crippen LogP) is 2.33. The Balaban J connectivity index is 2.16. The minimum atomic E-state index is -3.83. The van der Waals surface area contributed by atoms with E-state index in [1.54, 1.807) is 25.1 Å². The van der Waals surface area contributed by atoms with Gasteiger partial charge in [0.25, 0.3) is 10.0 Å². The molecule has 0 atom stereocenters. The molecular weight excluding hydrogens is 358 g/mol. The first-order chi connectivity index (χ1) is 12.3. The van der Waals surface area contributed by atoms with Crippen molar-refractivity contribution in [2.75, 3.05) is 13.4 Å². The minimum absolute atomic E-state index is 0.0379. The van der Waals surface area contributed by atoms with Gasteiger partial charge in [-0.05, 0) is 43.5 Å². The summed E-state index contributed by atoms with van der Waals surface area (Å²) in [7, 11) is -2.66. The van der Waals surface area contributed by atoms with Crippen molar-refractivity contribution in [3.8, 4) is 17.6 Å². The van der Waals surface area contributed by atoms with Crippen LogP contribution >= 0.6 is 0 Å². The molecule has 0 N–H and O–H groups in total. The second-order valence-corrected chi connectivity index (χ2v) is 7.94. The number of carbonyl (C=O) groups is 1. The monoisotopic (exact) mass is 375 g/mol. The molecule has 0 spiro atoms. The van der Waals surface area contributed by atoms with Crippen LogP contribution in [0, 0.1) is 18.3 Å². The molecule has 0 unspecified atom stereocenters. The van der Waals surface area contributed by atoms with Crippen molar-refractivity contribution < 1.29 is 22.7 Å². The van der Waals surface area contributed by atoms with Crippen LogP contribution in [0.1, 0.15) is 46.1 Å². The van der Waals surface area contributed by atoms with Crippen molar-refractivity contribution in [3.05, 3.63) is 40.7 Å². The van der Waals surface area contributed by atoms with Gasteiger partial charge in [-0.15, -0.1) is 4.09 Å². The summed E-state index contributed by atoms with van der Waals surface area (Å²) in [5, 5.41) is 13.1. The fraction of sp³-hybridized carbons (Fsp3) is 0.353. The molecule has 0 bridgehead atoms. The summed E-state index contributed by atoms with van der Waals surface area (Å²) in [6, 6.07) is 6.89. The molecule has 1 aliphatic carbocycles. The van der Waals surface area contributed by atoms with Crippen LogP contribution in [0.2, 0.25) is 0 Å². The zero-order valence-corrected chi connectivity index (χ0v) is 15.3. The summed E-state index contributed by atoms with van der Waals surface area (Å²) in [6.07, 6.45) is 2.63. The number of benzene rings is 1. The molecule has 1 fully saturated rings. The van der Waals surface area contributed by atoms with Crippen LogP contribution in [0.3, 0.4) is 0 Å². The molecule has 1 aliphatic rings. The number of esters is 1. The molecule has 2 aromatic rings. The molecule has 0 radical (unpaired) electrons. The number of methoxy groups -OCH3 is 1. The number of ether oxygens (including phenoxy) is 2. The Morgan fingerprint density at radius 3 is 2.58 bits per heavy atom. The van der Waals surface area contributed by atoms with Gasteiger partial charge < -0.3 is 9.47 Å². The van der Waals surface area contributed by atoms with Crippen LogP contribution in [0.4, 0.5) is 0 Å². The maximum atomic E-state index is 12.2. The van der Waals surface area contributed by atoms with Gasteiger partial charge in [0.15, 0.2) is 5.75 Å². The largest absolute Gasteiger partial charge is 0.464 e. The van der Waals surface area contributed by atoms with Crippen LogP contribution in [-0.2, 0) is 14.8 Å². The highest BCUT2D eigenvalue weighted by Gasteiger charge is 2.37. The molecule has 0 amide bonds. The van der Waals surface area contributed by atoms with Gasteiger partial charge in [0.05, 0.1) is 25.0 Å². The van der Waals surface area contributed by atoms with Gasteiger partial charge in [0, 0.05) is 5.92 Å². The smallest absolute Gasteiger partial charge is 0.361 e. The molecule has 1 heterocycles. The van der Waals surface area contributed by atoms with E-state index < -0.39 is 16.0 Å². The zero-order chi connectivity index (χ0) is 19.1. The molecule has 3 rings (SSSR count). The van der Waals surface area contributed by atoms with E-state index >= 15 is 0 Å². The van der Waals surface area contributed by atoms with E-state index in [0.717, 1.165) is 26.2 Å². The first-order valence-corrected chi connectivity index (χ1v) is 9.71. The van der Waals surface area contributed by atoms with Crippen molar-refractivity contribution in [1.82, 2.24) is 9.19 Å². The highest BCUT2D eigenvalue weighted by atomic mass is 32.2. The minimum Gasteiger partial charge on any atom is -0.464 e. The van der Waals surface area contributed by atoms with E-state index in [1.165, 1.54) is 0 Å². The van der Waals surface area contributed by atoms with E-state index in [9.17, 15) is 13.2 Å². The Bertz CT molecular complexity index is 1030. The predicted molar refractivity (Wildman–Crippen MR) is 91.8 cm³/mol. The van der Waals surface area contributed by atoms with Gasteiger partial charge in [-0.1, -0.05) is 0 Å². The number of nitrogens with zero attached hydrogens (tertiary/aromatic N) is 3. The highest BCUT2D eigenvalue weighted by Crippen LogP contribution is 2.46. The third kappa shape index (κ3) is 3.28. The Hall–Kier alpha value is -2.86. The van der Waals surface area contributed by atoms with Crippen molar-refractivity contribution in [1.29, 1.82) is 5.26 Å². The molecule has 136 valence electrons. The maximum absolute atomic E-state index is 12.2. The number of hydrogen-bond acceptors (Lipinski definition) is 7. The first-order valence-electron chi connectivity index (χ1n) is 7.86. The van der Waals surface area contributed by atoms with Gasteiger partial charge in [0.2, 0.25) is 5.69 Å². The second-order valence-electron chi connectivity index (χ2n) is 6.13. The SMILES string of the molecule is COC(=O)c1c(Oc2ccc(C#N)c(C)c2)c(C2CC2)nn1S(C)(=O)=O. The number of aromatic nitrogens is 2. The van der Waals surface area contributed by atoms with Gasteiger partial charge in [0.1, 0.15) is 11.4 Å². The lowest BCUT2D eigenvalue weighted by molar-refractivity contribution is 0.0589. The standard InChI is InChI=1S/C17H17N3O5S/c1-10-8-13(7-6-12(10)9-18)25-16-14(11-4-5-11)19-20(26(3,22)23)15(16)17(21)24-2/h6-8,11H,4-5H2,1-3H3. The van der Waals surface area contributed by atoms with E-state index in [4.69, 9.17) is 14.7 Å². The number of carbonyl (C=O) groups excluding carboxylic acids is 1. The summed E-state index contributed by atoms with van der Waals surface area (Å²) in [6.45, 7) is 1.76. The third-order valence-electron chi connectivity index (χ3n) is 4.03. The molecule has 0 saturated heterocycles. The summed E-state index contributed by atoms with van der Waals surface area (Å²) >= 11 is 0. The number of nitriles is 1. The molecule has 26 heavy (non-hydrogen) atoms. The lowest BCUT2D eigenvalue weighted by Gasteiger charge is -2.09. The van der Waals surface area contributed by atoms with Crippen LogP contribution < -0.4 is 4.74 Å². The third-order valence-corrected chi connectivity index (χ3v) is 4.93. The number of aryl methyl sites for hydroxylation is 1. The molecule has 1 aromatic carbocycles. The second kappa shape index (κ2) is 6.46. The zero-order valence-electron chi connectivity index (χ0n) is 14.5. The van der Waals surface area contributed by atoms with Crippen LogP contribution in [0.25, 0.3) is 0 Å². The fourth-order valence-corrected chi connectivity index (χ4v) is 3.30. The maximum Gasteiger partial charge on any atom is 0.361 e. The van der Waals surface area contributed by atoms with E-state index in [-0.39, 0.29) is 17.4 Å². The van der Waals surface area contributed by atoms with Gasteiger partial charge >= 0.3 is 5.97 Å². The van der Waals surface area contributed by atoms with E-state index in [2.05, 4.69) is 11.2 Å². The molecule has 1 aromatic heterocycles. The summed E-state index contributed by atoms with van der Waals surface area (Å²) in [5.41, 5.74) is 1.35. The Labute approximate surface area is 151 Å². The van der Waals surface area contributed by atoms with E-state index in [1.807, 2.05) is 0 Å². The highest BCUT2D eigenvalue weighted by molar-refractivity contribution is 7.89. The number of hydrogen-bond donors (Lipinski definition) is 0. The molecule has 0 aliphatic heterocycles. The van der Waals surface area contributed by atoms with Crippen molar-refractivity contribution in [2.24, 2.45) is 0 Å². The molecule has 1 saturated carbocycles. The molecular formula is C17H17N3O5S. The van der Waals surface area contributed by atoms with Crippen LogP contribution in [0.5, 0.6) is 11.5 Å². The van der Waals surface area contributed by atoms with Crippen LogP contribution in [0.15, 0.2) is 18.2 Å². The Morgan fingerprint density at radius 1 is 1.38 bits per heavy atom. The average Bonchev–Trinajstić information content (AvgIpc) is 3.35. The van der Waals surface area contributed by atoms with Gasteiger partial charge in [-0.25, -0.2) is 13.2 Å². The fourth-order valence-electron chi connectivity index (χ4n) is 2.58. The van der Waals surface area contributed by atoms with Gasteiger partial charge in [-0.3, -0.25) is 0 Å². The summed E-state index contributed by atoms with van der Waals surface area (Å²) < 4.78 is 35.4. The lowest BCUT2D eigenvalue weighted by Crippen LogP contribution is -2.19. The number of rotatable bonds is 5. The normalized spacial score (nSPS) is 13.9. The average molecular weight is 375 g/mol. The topological polar surface area (TPSA) is 111 Å². The summed E-state index contributed by atoms with van der Waals surface area (Å²) in [4.78, 5) is 12.2. The summed E-state index contributed by atoms with van der Waals surface area (Å²) in [5.74, 6) is -0.360. The van der Waals surface area contributed by atoms with Crippen molar-refractivity contribution in [2.45, 2.75) is 25.7 Å². The Morgan fingerprint density at radius 2 is 2.08 bits per heavy atom. The molecule has 9 heteroatoms. The van der Waals surface area contributed by atoms with Crippen molar-refractivity contribution >= 4 is 16.0 Å². The van der Waals surface area contributed by atoms with Crippen LogP contribution in [-0.4, -0.2) is 36.9 Å². The van der Waals surface area contributed by atoms with E-state index in [0.29, 0.717) is 26.7 Å². The van der Waals surface area contributed by atoms with Gasteiger partial charge in [-0.2, -0.15) is 10.4 Å².